The third-order valence-corrected chi connectivity index (χ3v) is 5.28. The highest BCUT2D eigenvalue weighted by molar-refractivity contribution is 6.15. The van der Waals surface area contributed by atoms with E-state index in [0.29, 0.717) is 11.1 Å². The van der Waals surface area contributed by atoms with Crippen molar-refractivity contribution in [3.05, 3.63) is 97.1 Å². The summed E-state index contributed by atoms with van der Waals surface area (Å²) in [5.74, 6) is 0.300. The Hall–Kier alpha value is -3.39. The molecular formula is C26H24O3Si2. The van der Waals surface area contributed by atoms with Crippen molar-refractivity contribution in [2.45, 2.75) is 0 Å². The number of benzene rings is 5. The third kappa shape index (κ3) is 3.98. The van der Waals surface area contributed by atoms with Crippen LogP contribution in [0.3, 0.4) is 0 Å². The van der Waals surface area contributed by atoms with Gasteiger partial charge in [0.05, 0.1) is 0 Å². The van der Waals surface area contributed by atoms with E-state index in [1.165, 1.54) is 0 Å². The highest BCUT2D eigenvalue weighted by atomic mass is 28.3. The maximum Gasteiger partial charge on any atom is 0.129 e. The van der Waals surface area contributed by atoms with Crippen LogP contribution in [0.4, 0.5) is 0 Å². The maximum atomic E-state index is 10.9. The van der Waals surface area contributed by atoms with Crippen molar-refractivity contribution in [2.75, 3.05) is 0 Å². The lowest BCUT2D eigenvalue weighted by Crippen LogP contribution is -1.90. The summed E-state index contributed by atoms with van der Waals surface area (Å²) in [5, 5.41) is 26.0. The number of hydrogen-bond acceptors (Lipinski definition) is 3. The standard InChI is InChI=1S/C26H18O2.H6OSi2/c27-23-15-16-24(28)26(22-14-6-10-18-8-2-4-12-20(18)22)25(23)21-13-5-9-17-7-1-3-11-19(17)21;2-1-3/h1-16,27-28H;2-3H3. The first-order valence-corrected chi connectivity index (χ1v) is 11.7. The van der Waals surface area contributed by atoms with Crippen LogP contribution >= 0.6 is 0 Å². The number of phenols is 2. The predicted octanol–water partition coefficient (Wildman–Crippen LogP) is 4.30. The summed E-state index contributed by atoms with van der Waals surface area (Å²) < 4.78 is 4.53. The number of fused-ring (bicyclic) bond motifs is 2. The van der Waals surface area contributed by atoms with E-state index in [9.17, 15) is 10.2 Å². The largest absolute Gasteiger partial charge is 0.507 e. The monoisotopic (exact) mass is 440 g/mol. The summed E-state index contributed by atoms with van der Waals surface area (Å²) in [6.45, 7) is 0. The minimum Gasteiger partial charge on any atom is -0.507 e. The molecule has 0 aromatic heterocycles. The molecule has 154 valence electrons. The third-order valence-electron chi connectivity index (χ3n) is 5.28. The van der Waals surface area contributed by atoms with Crippen molar-refractivity contribution in [3.63, 3.8) is 0 Å². The molecule has 0 unspecified atom stereocenters. The summed E-state index contributed by atoms with van der Waals surface area (Å²) in [5.41, 5.74) is 3.09. The molecule has 2 N–H and O–H groups in total. The van der Waals surface area contributed by atoms with Gasteiger partial charge in [-0.05, 0) is 44.8 Å². The van der Waals surface area contributed by atoms with Crippen LogP contribution in [0, 0.1) is 0 Å². The van der Waals surface area contributed by atoms with Gasteiger partial charge in [-0.15, -0.1) is 0 Å². The smallest absolute Gasteiger partial charge is 0.129 e. The Balaban J connectivity index is 0.000000730. The Morgan fingerprint density at radius 2 is 0.839 bits per heavy atom. The molecule has 0 fully saturated rings. The predicted molar refractivity (Wildman–Crippen MR) is 137 cm³/mol. The molecule has 5 rings (SSSR count). The molecule has 0 saturated heterocycles. The molecule has 3 nitrogen and oxygen atoms in total. The van der Waals surface area contributed by atoms with Crippen LogP contribution in [0.25, 0.3) is 43.8 Å². The Kier molecular flexibility index (Phi) is 6.18. The number of rotatable bonds is 2. The Morgan fingerprint density at radius 3 is 1.26 bits per heavy atom. The summed E-state index contributed by atoms with van der Waals surface area (Å²) >= 11 is 0. The average molecular weight is 441 g/mol. The van der Waals surface area contributed by atoms with E-state index in [0.717, 1.165) is 53.6 Å². The fourth-order valence-corrected chi connectivity index (χ4v) is 4.01. The summed E-state index contributed by atoms with van der Waals surface area (Å²) in [4.78, 5) is 0. The first kappa shape index (κ1) is 20.9. The van der Waals surface area contributed by atoms with Crippen molar-refractivity contribution in [3.8, 4) is 33.8 Å². The highest BCUT2D eigenvalue weighted by Crippen LogP contribution is 2.47. The molecule has 0 aliphatic carbocycles. The molecule has 5 aromatic carbocycles. The van der Waals surface area contributed by atoms with Crippen LogP contribution in [-0.2, 0) is 4.12 Å². The second-order valence-corrected chi connectivity index (χ2v) is 10.6. The van der Waals surface area contributed by atoms with E-state index in [4.69, 9.17) is 0 Å². The van der Waals surface area contributed by atoms with Crippen LogP contribution in [0.5, 0.6) is 11.5 Å². The lowest BCUT2D eigenvalue weighted by atomic mass is 9.88. The van der Waals surface area contributed by atoms with Crippen molar-refractivity contribution in [1.29, 1.82) is 0 Å². The first-order chi connectivity index (χ1) is 15.2. The van der Waals surface area contributed by atoms with E-state index in [1.54, 1.807) is 12.1 Å². The Labute approximate surface area is 187 Å². The second-order valence-electron chi connectivity index (χ2n) is 7.32. The van der Waals surface area contributed by atoms with Gasteiger partial charge in [-0.1, -0.05) is 84.9 Å². The van der Waals surface area contributed by atoms with Gasteiger partial charge < -0.3 is 14.3 Å². The van der Waals surface area contributed by atoms with Crippen LogP contribution < -0.4 is 0 Å². The number of aromatic hydroxyl groups is 2. The molecule has 0 amide bonds. The summed E-state index contributed by atoms with van der Waals surface area (Å²) in [6, 6.07) is 31.3. The van der Waals surface area contributed by atoms with Gasteiger partial charge in [-0.25, -0.2) is 0 Å². The van der Waals surface area contributed by atoms with Crippen LogP contribution in [0.1, 0.15) is 0 Å². The number of phenolic OH excluding ortho intramolecular Hbond substituents is 2. The van der Waals surface area contributed by atoms with Gasteiger partial charge in [-0.2, -0.15) is 0 Å². The van der Waals surface area contributed by atoms with Gasteiger partial charge in [-0.3, -0.25) is 0 Å². The van der Waals surface area contributed by atoms with Crippen molar-refractivity contribution in [2.24, 2.45) is 0 Å². The zero-order valence-corrected chi connectivity index (χ0v) is 21.5. The van der Waals surface area contributed by atoms with Gasteiger partial charge in [0.25, 0.3) is 0 Å². The molecule has 0 bridgehead atoms. The molecule has 0 spiro atoms. The average Bonchev–Trinajstić information content (AvgIpc) is 2.80. The van der Waals surface area contributed by atoms with Crippen LogP contribution in [0.15, 0.2) is 97.1 Å². The van der Waals surface area contributed by atoms with E-state index in [2.05, 4.69) is 28.4 Å². The summed E-state index contributed by atoms with van der Waals surface area (Å²) in [7, 11) is 1.86. The maximum absolute atomic E-state index is 10.9. The lowest BCUT2D eigenvalue weighted by Gasteiger charge is -2.17. The van der Waals surface area contributed by atoms with Crippen LogP contribution in [-0.4, -0.2) is 31.2 Å². The molecule has 31 heavy (non-hydrogen) atoms. The Bertz CT molecular complexity index is 1250. The molecule has 0 atom stereocenters. The van der Waals surface area contributed by atoms with Crippen molar-refractivity contribution < 1.29 is 14.3 Å². The van der Waals surface area contributed by atoms with Gasteiger partial charge in [0.1, 0.15) is 32.5 Å². The molecule has 0 saturated carbocycles. The quantitative estimate of drug-likeness (QED) is 0.318. The topological polar surface area (TPSA) is 49.7 Å². The fraction of sp³-hybridized carbons (Fsp3) is 0. The van der Waals surface area contributed by atoms with E-state index < -0.39 is 0 Å². The second kappa shape index (κ2) is 9.18. The highest BCUT2D eigenvalue weighted by Gasteiger charge is 2.19. The molecule has 0 heterocycles. The van der Waals surface area contributed by atoms with E-state index in [-0.39, 0.29) is 11.5 Å². The lowest BCUT2D eigenvalue weighted by molar-refractivity contribution is 0.463. The molecule has 0 aliphatic heterocycles. The van der Waals surface area contributed by atoms with Gasteiger partial charge in [0, 0.05) is 11.1 Å². The van der Waals surface area contributed by atoms with Crippen molar-refractivity contribution >= 4 is 42.5 Å². The van der Waals surface area contributed by atoms with Crippen molar-refractivity contribution in [1.82, 2.24) is 0 Å². The zero-order valence-electron chi connectivity index (χ0n) is 17.5. The molecule has 5 heteroatoms. The Morgan fingerprint density at radius 1 is 0.484 bits per heavy atom. The van der Waals surface area contributed by atoms with E-state index in [1.807, 2.05) is 60.7 Å². The fourth-order valence-electron chi connectivity index (χ4n) is 4.01. The van der Waals surface area contributed by atoms with Gasteiger partial charge in [0.15, 0.2) is 0 Å². The first-order valence-electron chi connectivity index (χ1n) is 10.1. The van der Waals surface area contributed by atoms with Crippen LogP contribution in [0.2, 0.25) is 0 Å². The molecular weight excluding hydrogens is 416 g/mol. The van der Waals surface area contributed by atoms with Gasteiger partial charge >= 0.3 is 0 Å². The molecule has 5 aromatic rings. The minimum absolute atomic E-state index is 0.150. The molecule has 0 radical (unpaired) electrons. The number of hydrogen-bond donors (Lipinski definition) is 2. The minimum atomic E-state index is 0.150. The molecule has 0 aliphatic rings. The van der Waals surface area contributed by atoms with Gasteiger partial charge in [0.2, 0.25) is 0 Å². The SMILES string of the molecule is Oc1ccc(O)c(-c2cccc3ccccc23)c1-c1cccc2ccccc12.[SiH3]O[SiH3]. The summed E-state index contributed by atoms with van der Waals surface area (Å²) in [6.07, 6.45) is 0. The van der Waals surface area contributed by atoms with E-state index >= 15 is 0 Å². The zero-order chi connectivity index (χ0) is 21.8. The normalized spacial score (nSPS) is 10.8.